The second kappa shape index (κ2) is 11.5. The van der Waals surface area contributed by atoms with Crippen LogP contribution in [-0.2, 0) is 27.3 Å². The van der Waals surface area contributed by atoms with E-state index in [1.54, 1.807) is 12.1 Å². The van der Waals surface area contributed by atoms with Gasteiger partial charge in [-0.15, -0.1) is 10.2 Å². The van der Waals surface area contributed by atoms with E-state index in [0.29, 0.717) is 29.3 Å². The first-order valence-electron chi connectivity index (χ1n) is 13.0. The fraction of sp³-hybridized carbons (Fsp3) is 0.423. The van der Waals surface area contributed by atoms with Crippen molar-refractivity contribution in [2.45, 2.75) is 63.6 Å². The predicted molar refractivity (Wildman–Crippen MR) is 137 cm³/mol. The average Bonchev–Trinajstić information content (AvgIpc) is 3.74. The molecule has 2 aromatic heterocycles. The lowest BCUT2D eigenvalue weighted by atomic mass is 9.95. The van der Waals surface area contributed by atoms with Crippen LogP contribution in [0.5, 0.6) is 0 Å². The van der Waals surface area contributed by atoms with Gasteiger partial charge in [-0.1, -0.05) is 36.3 Å². The van der Waals surface area contributed by atoms with Crippen LogP contribution >= 0.6 is 0 Å². The molecule has 0 saturated heterocycles. The van der Waals surface area contributed by atoms with Crippen LogP contribution in [0.15, 0.2) is 36.4 Å². The van der Waals surface area contributed by atoms with Gasteiger partial charge in [0.2, 0.25) is 11.8 Å². The molecule has 1 aromatic carbocycles. The highest BCUT2D eigenvalue weighted by Crippen LogP contribution is 2.37. The number of rotatable bonds is 10. The number of nitrogens with zero attached hydrogens (tertiary/aromatic N) is 4. The molecule has 2 aliphatic rings. The Balaban J connectivity index is 1.36. The van der Waals surface area contributed by atoms with E-state index in [-0.39, 0.29) is 49.1 Å². The topological polar surface area (TPSA) is 186 Å². The molecular weight excluding hydrogens is 504 g/mol. The van der Waals surface area contributed by atoms with Gasteiger partial charge in [-0.3, -0.25) is 24.1 Å². The Kier molecular flexibility index (Phi) is 7.66. The number of nitrogens with one attached hydrogen (secondary N) is 4. The Morgan fingerprint density at radius 1 is 1.08 bits per heavy atom. The fourth-order valence-electron chi connectivity index (χ4n) is 5.44. The number of aromatic amines is 2. The highest BCUT2D eigenvalue weighted by molar-refractivity contribution is 6.10. The van der Waals surface area contributed by atoms with E-state index in [1.165, 1.54) is 4.90 Å². The minimum atomic E-state index is -1.03. The number of tetrazole rings is 1. The summed E-state index contributed by atoms with van der Waals surface area (Å²) >= 11 is 0. The van der Waals surface area contributed by atoms with Gasteiger partial charge in [0.25, 0.3) is 5.91 Å². The third-order valence-corrected chi connectivity index (χ3v) is 7.34. The molecular formula is C26H30N8O5. The van der Waals surface area contributed by atoms with Crippen LogP contribution < -0.4 is 15.5 Å². The molecule has 3 amide bonds. The molecule has 204 valence electrons. The number of aliphatic carboxylic acids is 1. The lowest BCUT2D eigenvalue weighted by molar-refractivity contribution is -0.139. The molecule has 5 N–H and O–H groups in total. The minimum absolute atomic E-state index is 0.0709. The van der Waals surface area contributed by atoms with Gasteiger partial charge in [0.05, 0.1) is 19.0 Å². The van der Waals surface area contributed by atoms with Crippen molar-refractivity contribution in [1.82, 2.24) is 36.2 Å². The van der Waals surface area contributed by atoms with Gasteiger partial charge >= 0.3 is 5.97 Å². The molecule has 3 heterocycles. The van der Waals surface area contributed by atoms with E-state index in [1.807, 2.05) is 24.3 Å². The number of benzene rings is 1. The predicted octanol–water partition coefficient (Wildman–Crippen LogP) is 1.63. The Morgan fingerprint density at radius 3 is 2.62 bits per heavy atom. The van der Waals surface area contributed by atoms with Crippen LogP contribution in [0.4, 0.5) is 5.69 Å². The number of amides is 3. The largest absolute Gasteiger partial charge is 0.481 e. The van der Waals surface area contributed by atoms with Crippen molar-refractivity contribution >= 4 is 29.4 Å². The normalized spacial score (nSPS) is 17.5. The summed E-state index contributed by atoms with van der Waals surface area (Å²) in [7, 11) is 0. The molecule has 3 aromatic rings. The summed E-state index contributed by atoms with van der Waals surface area (Å²) in [5, 5.41) is 28.2. The number of fused-ring (bicyclic) bond motifs is 1. The highest BCUT2D eigenvalue weighted by atomic mass is 16.4. The quantitative estimate of drug-likeness (QED) is 0.260. The Labute approximate surface area is 223 Å². The van der Waals surface area contributed by atoms with Crippen molar-refractivity contribution < 1.29 is 24.3 Å². The Bertz CT molecular complexity index is 1350. The monoisotopic (exact) mass is 534 g/mol. The number of anilines is 1. The maximum Gasteiger partial charge on any atom is 0.303 e. The summed E-state index contributed by atoms with van der Waals surface area (Å²) in [6, 6.07) is 9.71. The first kappa shape index (κ1) is 26.1. The van der Waals surface area contributed by atoms with E-state index in [9.17, 15) is 19.2 Å². The summed E-state index contributed by atoms with van der Waals surface area (Å²) in [5.41, 5.74) is 2.51. The van der Waals surface area contributed by atoms with Crippen molar-refractivity contribution in [2.75, 3.05) is 4.90 Å². The lowest BCUT2D eigenvalue weighted by Gasteiger charge is -2.25. The minimum Gasteiger partial charge on any atom is -0.481 e. The van der Waals surface area contributed by atoms with Crippen LogP contribution in [0.3, 0.4) is 0 Å². The molecule has 13 heteroatoms. The third-order valence-electron chi connectivity index (χ3n) is 7.34. The van der Waals surface area contributed by atoms with E-state index in [4.69, 9.17) is 5.11 Å². The van der Waals surface area contributed by atoms with Crippen molar-refractivity contribution in [3.05, 3.63) is 59.2 Å². The molecule has 2 atom stereocenters. The molecule has 0 unspecified atom stereocenters. The number of para-hydroxylation sites is 1. The number of carbonyl (C=O) groups is 4. The van der Waals surface area contributed by atoms with Crippen molar-refractivity contribution in [1.29, 1.82) is 0 Å². The molecule has 1 fully saturated rings. The van der Waals surface area contributed by atoms with Gasteiger partial charge in [-0.2, -0.15) is 5.21 Å². The van der Waals surface area contributed by atoms with Crippen LogP contribution in [0.25, 0.3) is 0 Å². The zero-order valence-electron chi connectivity index (χ0n) is 21.2. The number of carbonyl (C=O) groups excluding carboxylic acids is 3. The van der Waals surface area contributed by atoms with Gasteiger partial charge < -0.3 is 20.7 Å². The maximum absolute atomic E-state index is 13.8. The smallest absolute Gasteiger partial charge is 0.303 e. The number of hydrogen-bond donors (Lipinski definition) is 5. The SMILES string of the molecule is O=C(O)CCC(=O)N[C@@H](c1ccc(C(=O)N2c3ccccc3C[C@H]2C(=O)NCc2nn[nH]n2)[nH]1)C1CCCC1. The highest BCUT2D eigenvalue weighted by Gasteiger charge is 2.39. The fourth-order valence-corrected chi connectivity index (χ4v) is 5.44. The Morgan fingerprint density at radius 2 is 1.87 bits per heavy atom. The Hall–Kier alpha value is -4.55. The van der Waals surface area contributed by atoms with Crippen LogP contribution in [-0.4, -0.2) is 60.4 Å². The van der Waals surface area contributed by atoms with Gasteiger partial charge in [0.1, 0.15) is 11.7 Å². The molecule has 39 heavy (non-hydrogen) atoms. The summed E-state index contributed by atoms with van der Waals surface area (Å²) in [5.74, 6) is -1.58. The zero-order valence-corrected chi connectivity index (χ0v) is 21.2. The maximum atomic E-state index is 13.8. The van der Waals surface area contributed by atoms with Gasteiger partial charge in [0.15, 0.2) is 5.82 Å². The first-order valence-corrected chi connectivity index (χ1v) is 13.0. The van der Waals surface area contributed by atoms with Gasteiger partial charge in [-0.25, -0.2) is 0 Å². The lowest BCUT2D eigenvalue weighted by Crippen LogP contribution is -2.48. The molecule has 1 aliphatic heterocycles. The molecule has 1 aliphatic carbocycles. The van der Waals surface area contributed by atoms with E-state index in [2.05, 4.69) is 36.2 Å². The second-order valence-corrected chi connectivity index (χ2v) is 9.88. The van der Waals surface area contributed by atoms with Gasteiger partial charge in [0, 0.05) is 24.2 Å². The summed E-state index contributed by atoms with van der Waals surface area (Å²) in [4.78, 5) is 55.1. The molecule has 0 radical (unpaired) electrons. The summed E-state index contributed by atoms with van der Waals surface area (Å²) in [6.07, 6.45) is 3.94. The molecule has 1 saturated carbocycles. The van der Waals surface area contributed by atoms with E-state index in [0.717, 1.165) is 31.2 Å². The van der Waals surface area contributed by atoms with Crippen molar-refractivity contribution in [3.63, 3.8) is 0 Å². The molecule has 5 rings (SSSR count). The number of H-pyrrole nitrogens is 2. The second-order valence-electron chi connectivity index (χ2n) is 9.88. The van der Waals surface area contributed by atoms with Crippen LogP contribution in [0, 0.1) is 5.92 Å². The third kappa shape index (κ3) is 5.81. The van der Waals surface area contributed by atoms with Crippen LogP contribution in [0.1, 0.15) is 72.1 Å². The molecule has 0 bridgehead atoms. The zero-order chi connectivity index (χ0) is 27.4. The number of carboxylic acids is 1. The molecule has 13 nitrogen and oxygen atoms in total. The van der Waals surface area contributed by atoms with E-state index >= 15 is 0 Å². The average molecular weight is 535 g/mol. The van der Waals surface area contributed by atoms with Crippen molar-refractivity contribution in [2.24, 2.45) is 5.92 Å². The van der Waals surface area contributed by atoms with Crippen molar-refractivity contribution in [3.8, 4) is 0 Å². The number of hydrogen-bond acceptors (Lipinski definition) is 7. The van der Waals surface area contributed by atoms with Crippen LogP contribution in [0.2, 0.25) is 0 Å². The van der Waals surface area contributed by atoms with E-state index < -0.39 is 12.0 Å². The summed E-state index contributed by atoms with van der Waals surface area (Å²) in [6.45, 7) is 0.0709. The molecule has 0 spiro atoms. The standard InChI is InChI=1S/C26H30N8O5/c35-22(11-12-23(36)37)29-24(15-5-1-2-6-15)17-9-10-18(28-17)26(39)34-19-8-4-3-7-16(19)13-20(34)25(38)27-14-21-30-32-33-31-21/h3-4,7-10,15,20,24,28H,1-2,5-6,11-14H2,(H,27,38)(H,29,35)(H,36,37)(H,30,31,32,33)/t20-,24+/m0/s1. The van der Waals surface area contributed by atoms with Gasteiger partial charge in [-0.05, 0) is 42.5 Å². The number of aromatic nitrogens is 5. The summed E-state index contributed by atoms with van der Waals surface area (Å²) < 4.78 is 0. The number of carboxylic acid groups (broad SMARTS) is 1. The first-order chi connectivity index (χ1) is 18.9.